The first-order valence-electron chi connectivity index (χ1n) is 7.41. The molecule has 106 valence electrons. The summed E-state index contributed by atoms with van der Waals surface area (Å²) >= 11 is 0. The zero-order valence-corrected chi connectivity index (χ0v) is 12.5. The third-order valence-electron chi connectivity index (χ3n) is 4.21. The van der Waals surface area contributed by atoms with Crippen molar-refractivity contribution in [2.75, 3.05) is 12.4 Å². The molecule has 1 fully saturated rings. The van der Waals surface area contributed by atoms with Gasteiger partial charge >= 0.3 is 0 Å². The monoisotopic (exact) mass is 262 g/mol. The average molecular weight is 262 g/mol. The molecule has 19 heavy (non-hydrogen) atoms. The van der Waals surface area contributed by atoms with Gasteiger partial charge in [0.15, 0.2) is 0 Å². The lowest BCUT2D eigenvalue weighted by Gasteiger charge is -2.37. The number of ether oxygens (including phenoxy) is 1. The van der Waals surface area contributed by atoms with Crippen molar-refractivity contribution in [2.24, 2.45) is 17.8 Å². The number of aromatic nitrogens is 1. The van der Waals surface area contributed by atoms with Crippen LogP contribution in [0.1, 0.15) is 40.0 Å². The van der Waals surface area contributed by atoms with Crippen LogP contribution in [0.3, 0.4) is 0 Å². The fourth-order valence-corrected chi connectivity index (χ4v) is 3.03. The molecule has 3 heteroatoms. The van der Waals surface area contributed by atoms with Crippen LogP contribution in [0.2, 0.25) is 0 Å². The van der Waals surface area contributed by atoms with Crippen LogP contribution in [0.4, 0.5) is 5.82 Å². The highest BCUT2D eigenvalue weighted by Crippen LogP contribution is 2.35. The van der Waals surface area contributed by atoms with Crippen LogP contribution in [0.5, 0.6) is 5.88 Å². The number of hydrogen-bond donors (Lipinski definition) is 1. The number of hydrogen-bond acceptors (Lipinski definition) is 3. The first-order chi connectivity index (χ1) is 9.10. The van der Waals surface area contributed by atoms with E-state index in [4.69, 9.17) is 4.74 Å². The van der Waals surface area contributed by atoms with E-state index in [2.05, 4.69) is 31.1 Å². The van der Waals surface area contributed by atoms with Crippen LogP contribution in [0.15, 0.2) is 18.2 Å². The zero-order valence-electron chi connectivity index (χ0n) is 12.5. The molecule has 3 atom stereocenters. The number of rotatable bonds is 4. The Morgan fingerprint density at radius 3 is 2.79 bits per heavy atom. The van der Waals surface area contributed by atoms with Gasteiger partial charge in [0.25, 0.3) is 0 Å². The summed E-state index contributed by atoms with van der Waals surface area (Å²) in [5.41, 5.74) is 0. The molecular formula is C16H26N2O. The summed E-state index contributed by atoms with van der Waals surface area (Å²) in [7, 11) is 1.88. The summed E-state index contributed by atoms with van der Waals surface area (Å²) in [4.78, 5) is 4.47. The lowest BCUT2D eigenvalue weighted by Crippen LogP contribution is -2.36. The topological polar surface area (TPSA) is 34.1 Å². The van der Waals surface area contributed by atoms with Gasteiger partial charge in [0.05, 0.1) is 0 Å². The summed E-state index contributed by atoms with van der Waals surface area (Å²) in [5, 5.41) is 3.06. The Hall–Kier alpha value is -1.25. The fraction of sp³-hybridized carbons (Fsp3) is 0.688. The van der Waals surface area contributed by atoms with Crippen molar-refractivity contribution in [1.29, 1.82) is 0 Å². The quantitative estimate of drug-likeness (QED) is 0.891. The van der Waals surface area contributed by atoms with Crippen LogP contribution >= 0.6 is 0 Å². The Balaban J connectivity index is 2.09. The van der Waals surface area contributed by atoms with Crippen molar-refractivity contribution in [3.8, 4) is 5.88 Å². The van der Waals surface area contributed by atoms with E-state index in [0.29, 0.717) is 17.9 Å². The van der Waals surface area contributed by atoms with Gasteiger partial charge in [0.1, 0.15) is 11.9 Å². The average Bonchev–Trinajstić information content (AvgIpc) is 2.38. The summed E-state index contributed by atoms with van der Waals surface area (Å²) in [6.07, 6.45) is 4.05. The van der Waals surface area contributed by atoms with Crippen molar-refractivity contribution < 1.29 is 4.74 Å². The zero-order chi connectivity index (χ0) is 13.8. The molecule has 0 amide bonds. The molecule has 2 rings (SSSR count). The smallest absolute Gasteiger partial charge is 0.215 e. The molecule has 1 aliphatic carbocycles. The molecule has 1 N–H and O–H groups in total. The molecule has 0 saturated heterocycles. The lowest BCUT2D eigenvalue weighted by molar-refractivity contribution is 0.0428. The molecule has 0 spiro atoms. The lowest BCUT2D eigenvalue weighted by atomic mass is 9.75. The number of nitrogens with one attached hydrogen (secondary N) is 1. The Bertz CT molecular complexity index is 405. The minimum absolute atomic E-state index is 0.309. The second-order valence-corrected chi connectivity index (χ2v) is 6.09. The summed E-state index contributed by atoms with van der Waals surface area (Å²) in [6.45, 7) is 6.92. The number of pyridine rings is 1. The molecule has 0 radical (unpaired) electrons. The standard InChI is InChI=1S/C16H26N2O/c1-11(2)13-9-8-12(3)10-14(13)19-16-7-5-6-15(17-4)18-16/h5-7,11-14H,8-10H2,1-4H3,(H,17,18). The SMILES string of the molecule is CNc1cccc(OC2CC(C)CCC2C(C)C)n1. The minimum Gasteiger partial charge on any atom is -0.474 e. The van der Waals surface area contributed by atoms with Gasteiger partial charge in [-0.05, 0) is 36.7 Å². The van der Waals surface area contributed by atoms with Gasteiger partial charge in [0.2, 0.25) is 5.88 Å². The molecule has 1 aromatic rings. The predicted octanol–water partition coefficient (Wildman–Crippen LogP) is 3.96. The van der Waals surface area contributed by atoms with E-state index in [1.165, 1.54) is 12.8 Å². The van der Waals surface area contributed by atoms with Crippen molar-refractivity contribution in [3.63, 3.8) is 0 Å². The Labute approximate surface area is 116 Å². The summed E-state index contributed by atoms with van der Waals surface area (Å²) in [5.74, 6) is 3.69. The Morgan fingerprint density at radius 2 is 2.11 bits per heavy atom. The molecule has 3 unspecified atom stereocenters. The first kappa shape index (κ1) is 14.2. The summed E-state index contributed by atoms with van der Waals surface area (Å²) < 4.78 is 6.19. The van der Waals surface area contributed by atoms with Crippen LogP contribution < -0.4 is 10.1 Å². The van der Waals surface area contributed by atoms with E-state index in [-0.39, 0.29) is 0 Å². The van der Waals surface area contributed by atoms with Gasteiger partial charge in [-0.15, -0.1) is 0 Å². The minimum atomic E-state index is 0.309. The van der Waals surface area contributed by atoms with Gasteiger partial charge in [-0.3, -0.25) is 0 Å². The highest BCUT2D eigenvalue weighted by molar-refractivity contribution is 5.36. The van der Waals surface area contributed by atoms with Crippen molar-refractivity contribution in [2.45, 2.75) is 46.1 Å². The van der Waals surface area contributed by atoms with E-state index >= 15 is 0 Å². The maximum absolute atomic E-state index is 6.19. The van der Waals surface area contributed by atoms with Gasteiger partial charge in [-0.1, -0.05) is 33.3 Å². The van der Waals surface area contributed by atoms with Gasteiger partial charge in [-0.25, -0.2) is 0 Å². The second-order valence-electron chi connectivity index (χ2n) is 6.09. The molecule has 0 aromatic carbocycles. The van der Waals surface area contributed by atoms with E-state index in [0.717, 1.165) is 24.0 Å². The van der Waals surface area contributed by atoms with E-state index in [9.17, 15) is 0 Å². The van der Waals surface area contributed by atoms with E-state index in [1.807, 2.05) is 25.2 Å². The molecule has 1 aromatic heterocycles. The molecule has 0 bridgehead atoms. The summed E-state index contributed by atoms with van der Waals surface area (Å²) in [6, 6.07) is 5.90. The first-order valence-corrected chi connectivity index (χ1v) is 7.41. The molecule has 3 nitrogen and oxygen atoms in total. The normalized spacial score (nSPS) is 27.3. The highest BCUT2D eigenvalue weighted by Gasteiger charge is 2.32. The number of nitrogens with zero attached hydrogens (tertiary/aromatic N) is 1. The molecule has 1 heterocycles. The van der Waals surface area contributed by atoms with Crippen LogP contribution in [-0.4, -0.2) is 18.1 Å². The van der Waals surface area contributed by atoms with E-state index < -0.39 is 0 Å². The maximum atomic E-state index is 6.19. The maximum Gasteiger partial charge on any atom is 0.215 e. The fourth-order valence-electron chi connectivity index (χ4n) is 3.03. The van der Waals surface area contributed by atoms with Crippen molar-refractivity contribution in [3.05, 3.63) is 18.2 Å². The Kier molecular flexibility index (Phi) is 4.67. The third-order valence-corrected chi connectivity index (χ3v) is 4.21. The molecule has 1 aliphatic rings. The van der Waals surface area contributed by atoms with E-state index in [1.54, 1.807) is 0 Å². The van der Waals surface area contributed by atoms with Gasteiger partial charge in [0, 0.05) is 13.1 Å². The van der Waals surface area contributed by atoms with Gasteiger partial charge in [-0.2, -0.15) is 4.98 Å². The van der Waals surface area contributed by atoms with Crippen molar-refractivity contribution in [1.82, 2.24) is 4.98 Å². The van der Waals surface area contributed by atoms with Crippen LogP contribution in [0.25, 0.3) is 0 Å². The highest BCUT2D eigenvalue weighted by atomic mass is 16.5. The third kappa shape index (κ3) is 3.62. The largest absolute Gasteiger partial charge is 0.474 e. The molecule has 0 aliphatic heterocycles. The second kappa shape index (κ2) is 6.27. The van der Waals surface area contributed by atoms with Gasteiger partial charge < -0.3 is 10.1 Å². The number of anilines is 1. The predicted molar refractivity (Wildman–Crippen MR) is 79.5 cm³/mol. The molecular weight excluding hydrogens is 236 g/mol. The van der Waals surface area contributed by atoms with Crippen LogP contribution in [-0.2, 0) is 0 Å². The van der Waals surface area contributed by atoms with Crippen molar-refractivity contribution >= 4 is 5.82 Å². The molecule has 1 saturated carbocycles. The Morgan fingerprint density at radius 1 is 1.32 bits per heavy atom. The van der Waals surface area contributed by atoms with Crippen LogP contribution in [0, 0.1) is 17.8 Å².